The van der Waals surface area contributed by atoms with Crippen LogP contribution in [0.1, 0.15) is 30.1 Å². The molecule has 8 nitrogen and oxygen atoms in total. The van der Waals surface area contributed by atoms with E-state index in [4.69, 9.17) is 9.47 Å². The average molecular weight is 434 g/mol. The lowest BCUT2D eigenvalue weighted by molar-refractivity contribution is -0.119. The fraction of sp³-hybridized carbons (Fsp3) is 0.292. The highest BCUT2D eigenvalue weighted by Crippen LogP contribution is 2.30. The van der Waals surface area contributed by atoms with Gasteiger partial charge in [-0.25, -0.2) is 0 Å². The SMILES string of the molecule is CCOc1ccccc1C(=O)N1CCCC1C(=O)Nc1cc(-c2ccccc2OC)[nH]n1. The number of anilines is 1. The standard InChI is InChI=1S/C24H26N4O4/c1-3-32-21-13-7-5-10-17(21)24(30)28-14-8-11-19(28)23(29)25-22-15-18(26-27-22)16-9-4-6-12-20(16)31-2/h4-7,9-10,12-13,15,19H,3,8,11,14H2,1-2H3,(H2,25,26,27,29). The maximum absolute atomic E-state index is 13.2. The van der Waals surface area contributed by atoms with Crippen LogP contribution in [0.3, 0.4) is 0 Å². The summed E-state index contributed by atoms with van der Waals surface area (Å²) in [7, 11) is 1.60. The lowest BCUT2D eigenvalue weighted by Gasteiger charge is -2.24. The van der Waals surface area contributed by atoms with E-state index in [1.165, 1.54) is 0 Å². The second-order valence-electron chi connectivity index (χ2n) is 7.44. The van der Waals surface area contributed by atoms with Crippen LogP contribution >= 0.6 is 0 Å². The third kappa shape index (κ3) is 4.30. The molecule has 2 aromatic carbocycles. The molecule has 4 rings (SSSR count). The van der Waals surface area contributed by atoms with Crippen molar-refractivity contribution < 1.29 is 19.1 Å². The van der Waals surface area contributed by atoms with Crippen molar-refractivity contribution in [2.24, 2.45) is 0 Å². The number of likely N-dealkylation sites (tertiary alicyclic amines) is 1. The summed E-state index contributed by atoms with van der Waals surface area (Å²) in [5.41, 5.74) is 2.03. The van der Waals surface area contributed by atoms with Gasteiger partial charge in [-0.05, 0) is 44.0 Å². The number of nitrogens with one attached hydrogen (secondary N) is 2. The lowest BCUT2D eigenvalue weighted by Crippen LogP contribution is -2.43. The normalized spacial score (nSPS) is 15.4. The van der Waals surface area contributed by atoms with E-state index in [1.54, 1.807) is 36.3 Å². The van der Waals surface area contributed by atoms with Crippen LogP contribution in [-0.4, -0.2) is 53.2 Å². The molecule has 0 spiro atoms. The molecular formula is C24H26N4O4. The number of amides is 2. The average Bonchev–Trinajstić information content (AvgIpc) is 3.49. The van der Waals surface area contributed by atoms with E-state index in [2.05, 4.69) is 15.5 Å². The van der Waals surface area contributed by atoms with Gasteiger partial charge < -0.3 is 19.7 Å². The molecule has 3 aromatic rings. The molecule has 0 bridgehead atoms. The van der Waals surface area contributed by atoms with Crippen LogP contribution in [0.15, 0.2) is 54.6 Å². The fourth-order valence-electron chi connectivity index (χ4n) is 3.96. The van der Waals surface area contributed by atoms with Gasteiger partial charge >= 0.3 is 0 Å². The van der Waals surface area contributed by atoms with E-state index in [9.17, 15) is 9.59 Å². The van der Waals surface area contributed by atoms with Gasteiger partial charge in [0.1, 0.15) is 17.5 Å². The van der Waals surface area contributed by atoms with Crippen molar-refractivity contribution in [3.8, 4) is 22.8 Å². The maximum atomic E-state index is 13.2. The summed E-state index contributed by atoms with van der Waals surface area (Å²) >= 11 is 0. The minimum Gasteiger partial charge on any atom is -0.496 e. The molecule has 2 heterocycles. The van der Waals surface area contributed by atoms with Crippen molar-refractivity contribution in [1.82, 2.24) is 15.1 Å². The topological polar surface area (TPSA) is 96.5 Å². The second-order valence-corrected chi connectivity index (χ2v) is 7.44. The lowest BCUT2D eigenvalue weighted by atomic mass is 10.1. The Morgan fingerprint density at radius 2 is 1.91 bits per heavy atom. The number of carbonyl (C=O) groups excluding carboxylic acids is 2. The Morgan fingerprint density at radius 1 is 1.16 bits per heavy atom. The summed E-state index contributed by atoms with van der Waals surface area (Å²) in [6.07, 6.45) is 1.35. The molecule has 1 atom stereocenters. The quantitative estimate of drug-likeness (QED) is 0.591. The highest BCUT2D eigenvalue weighted by molar-refractivity contribution is 6.02. The predicted octanol–water partition coefficient (Wildman–Crippen LogP) is 3.73. The van der Waals surface area contributed by atoms with Crippen LogP contribution in [0.2, 0.25) is 0 Å². The van der Waals surface area contributed by atoms with E-state index < -0.39 is 6.04 Å². The van der Waals surface area contributed by atoms with Crippen molar-refractivity contribution in [2.45, 2.75) is 25.8 Å². The van der Waals surface area contributed by atoms with Gasteiger partial charge in [0, 0.05) is 18.2 Å². The van der Waals surface area contributed by atoms with Gasteiger partial charge in [0.2, 0.25) is 5.91 Å². The number of hydrogen-bond donors (Lipinski definition) is 2. The van der Waals surface area contributed by atoms with E-state index in [1.807, 2.05) is 37.3 Å². The Labute approximate surface area is 186 Å². The molecule has 1 unspecified atom stereocenters. The monoisotopic (exact) mass is 434 g/mol. The summed E-state index contributed by atoms with van der Waals surface area (Å²) in [4.78, 5) is 27.8. The molecule has 1 saturated heterocycles. The summed E-state index contributed by atoms with van der Waals surface area (Å²) < 4.78 is 11.0. The van der Waals surface area contributed by atoms with Gasteiger partial charge in [0.25, 0.3) is 5.91 Å². The zero-order chi connectivity index (χ0) is 22.5. The van der Waals surface area contributed by atoms with Gasteiger partial charge in [-0.15, -0.1) is 0 Å². The van der Waals surface area contributed by atoms with Crippen molar-refractivity contribution in [1.29, 1.82) is 0 Å². The van der Waals surface area contributed by atoms with Crippen molar-refractivity contribution in [3.63, 3.8) is 0 Å². The minimum atomic E-state index is -0.566. The van der Waals surface area contributed by atoms with Crippen molar-refractivity contribution >= 4 is 17.6 Å². The first-order valence-electron chi connectivity index (χ1n) is 10.6. The Balaban J connectivity index is 1.49. The number of nitrogens with zero attached hydrogens (tertiary/aromatic N) is 2. The summed E-state index contributed by atoms with van der Waals surface area (Å²) in [6, 6.07) is 15.9. The minimum absolute atomic E-state index is 0.205. The Kier molecular flexibility index (Phi) is 6.39. The number of aromatic amines is 1. The first-order valence-corrected chi connectivity index (χ1v) is 10.6. The molecule has 1 fully saturated rings. The number of aromatic nitrogens is 2. The third-order valence-electron chi connectivity index (χ3n) is 5.46. The van der Waals surface area contributed by atoms with Gasteiger partial charge in [-0.2, -0.15) is 5.10 Å². The molecule has 8 heteroatoms. The Bertz CT molecular complexity index is 1110. The van der Waals surface area contributed by atoms with E-state index in [0.29, 0.717) is 42.5 Å². The van der Waals surface area contributed by atoms with Crippen LogP contribution in [0.5, 0.6) is 11.5 Å². The van der Waals surface area contributed by atoms with Gasteiger partial charge in [-0.3, -0.25) is 14.7 Å². The van der Waals surface area contributed by atoms with E-state index in [-0.39, 0.29) is 11.8 Å². The zero-order valence-electron chi connectivity index (χ0n) is 18.1. The molecule has 0 radical (unpaired) electrons. The van der Waals surface area contributed by atoms with Gasteiger partial charge in [0.05, 0.1) is 25.0 Å². The van der Waals surface area contributed by atoms with Crippen LogP contribution in [0.4, 0.5) is 5.82 Å². The smallest absolute Gasteiger partial charge is 0.258 e. The van der Waals surface area contributed by atoms with Crippen LogP contribution in [-0.2, 0) is 4.79 Å². The molecule has 0 aliphatic carbocycles. The Morgan fingerprint density at radius 3 is 2.69 bits per heavy atom. The van der Waals surface area contributed by atoms with Crippen LogP contribution in [0, 0.1) is 0 Å². The van der Waals surface area contributed by atoms with Gasteiger partial charge in [-0.1, -0.05) is 24.3 Å². The first kappa shape index (κ1) is 21.4. The zero-order valence-corrected chi connectivity index (χ0v) is 18.1. The fourth-order valence-corrected chi connectivity index (χ4v) is 3.96. The van der Waals surface area contributed by atoms with Crippen molar-refractivity contribution in [2.75, 3.05) is 25.6 Å². The largest absolute Gasteiger partial charge is 0.496 e. The predicted molar refractivity (Wildman–Crippen MR) is 121 cm³/mol. The summed E-state index contributed by atoms with van der Waals surface area (Å²) in [5.74, 6) is 1.16. The first-order chi connectivity index (χ1) is 15.6. The molecule has 1 aliphatic rings. The number of benzene rings is 2. The number of ether oxygens (including phenoxy) is 2. The summed E-state index contributed by atoms with van der Waals surface area (Å²) in [6.45, 7) is 2.85. The second kappa shape index (κ2) is 9.55. The Hall–Kier alpha value is -3.81. The highest BCUT2D eigenvalue weighted by Gasteiger charge is 2.35. The molecular weight excluding hydrogens is 408 g/mol. The maximum Gasteiger partial charge on any atom is 0.258 e. The van der Waals surface area contributed by atoms with E-state index in [0.717, 1.165) is 17.7 Å². The van der Waals surface area contributed by atoms with Crippen LogP contribution in [0.25, 0.3) is 11.3 Å². The van der Waals surface area contributed by atoms with E-state index >= 15 is 0 Å². The molecule has 0 saturated carbocycles. The van der Waals surface area contributed by atoms with Crippen LogP contribution < -0.4 is 14.8 Å². The molecule has 2 amide bonds. The summed E-state index contributed by atoms with van der Waals surface area (Å²) in [5, 5.41) is 9.98. The molecule has 2 N–H and O–H groups in total. The molecule has 32 heavy (non-hydrogen) atoms. The van der Waals surface area contributed by atoms with Gasteiger partial charge in [0.15, 0.2) is 5.82 Å². The highest BCUT2D eigenvalue weighted by atomic mass is 16.5. The number of H-pyrrole nitrogens is 1. The number of hydrogen-bond acceptors (Lipinski definition) is 5. The molecule has 166 valence electrons. The third-order valence-corrected chi connectivity index (χ3v) is 5.46. The molecule has 1 aromatic heterocycles. The number of para-hydroxylation sites is 2. The molecule has 1 aliphatic heterocycles. The number of rotatable bonds is 7. The van der Waals surface area contributed by atoms with Crippen molar-refractivity contribution in [3.05, 3.63) is 60.2 Å². The number of carbonyl (C=O) groups is 2. The number of methoxy groups -OCH3 is 1.